The maximum Gasteiger partial charge on any atom is 0.270 e. The summed E-state index contributed by atoms with van der Waals surface area (Å²) < 4.78 is 27.4. The van der Waals surface area contributed by atoms with E-state index < -0.39 is 14.9 Å². The highest BCUT2D eigenvalue weighted by Crippen LogP contribution is 2.37. The molecule has 146 valence electrons. The highest BCUT2D eigenvalue weighted by atomic mass is 35.5. The van der Waals surface area contributed by atoms with E-state index in [0.717, 1.165) is 11.3 Å². The summed E-state index contributed by atoms with van der Waals surface area (Å²) in [6, 6.07) is 6.26. The number of anilines is 1. The number of nitrogens with zero attached hydrogens (tertiary/aromatic N) is 3. The zero-order valence-corrected chi connectivity index (χ0v) is 17.8. The fourth-order valence-electron chi connectivity index (χ4n) is 2.12. The number of benzene rings is 2. The average molecular weight is 500 g/mol. The molecule has 0 spiro atoms. The molecule has 0 saturated carbocycles. The van der Waals surface area contributed by atoms with Crippen LogP contribution in [-0.2, 0) is 10.0 Å². The summed E-state index contributed by atoms with van der Waals surface area (Å²) in [5.41, 5.74) is 0.0397. The number of nitrogens with one attached hydrogen (secondary N) is 1. The van der Waals surface area contributed by atoms with Crippen molar-refractivity contribution >= 4 is 78.6 Å². The molecule has 0 aliphatic heterocycles. The normalized spacial score (nSPS) is 11.4. The van der Waals surface area contributed by atoms with Gasteiger partial charge >= 0.3 is 0 Å². The van der Waals surface area contributed by atoms with Crippen LogP contribution in [0.5, 0.6) is 0 Å². The number of nitro groups is 1. The Morgan fingerprint density at radius 1 is 1.00 bits per heavy atom. The zero-order valence-electron chi connectivity index (χ0n) is 13.2. The lowest BCUT2D eigenvalue weighted by atomic mass is 10.2. The second-order valence-corrected chi connectivity index (χ2v) is 9.39. The van der Waals surface area contributed by atoms with E-state index in [-0.39, 0.29) is 46.4 Å². The van der Waals surface area contributed by atoms with Crippen LogP contribution in [0.25, 0.3) is 10.6 Å². The van der Waals surface area contributed by atoms with Gasteiger partial charge in [-0.25, -0.2) is 8.42 Å². The number of non-ortho nitro benzene ring substituents is 1. The van der Waals surface area contributed by atoms with Gasteiger partial charge in [-0.3, -0.25) is 14.8 Å². The molecule has 3 aromatic rings. The van der Waals surface area contributed by atoms with Crippen LogP contribution in [0.3, 0.4) is 0 Å². The Balaban J connectivity index is 1.96. The molecule has 0 fully saturated rings. The molecule has 0 saturated heterocycles. The first-order valence-corrected chi connectivity index (χ1v) is 10.8. The summed E-state index contributed by atoms with van der Waals surface area (Å²) >= 11 is 24.6. The van der Waals surface area contributed by atoms with Crippen molar-refractivity contribution in [1.29, 1.82) is 0 Å². The van der Waals surface area contributed by atoms with E-state index in [0.29, 0.717) is 0 Å². The van der Waals surface area contributed by atoms with E-state index in [1.165, 1.54) is 30.3 Å². The van der Waals surface area contributed by atoms with Gasteiger partial charge in [0.05, 0.1) is 20.0 Å². The van der Waals surface area contributed by atoms with Gasteiger partial charge in [-0.15, -0.1) is 10.2 Å². The third-order valence-corrected chi connectivity index (χ3v) is 7.08. The van der Waals surface area contributed by atoms with Crippen LogP contribution in [0.15, 0.2) is 35.2 Å². The smallest absolute Gasteiger partial charge is 0.258 e. The molecule has 1 N–H and O–H groups in total. The van der Waals surface area contributed by atoms with Crippen LogP contribution < -0.4 is 4.72 Å². The largest absolute Gasteiger partial charge is 0.270 e. The number of rotatable bonds is 5. The molecule has 1 aromatic heterocycles. The highest BCUT2D eigenvalue weighted by molar-refractivity contribution is 7.93. The average Bonchev–Trinajstić information content (AvgIpc) is 3.01. The van der Waals surface area contributed by atoms with Gasteiger partial charge in [-0.05, 0) is 18.2 Å². The fraction of sp³-hybridized carbons (Fsp3) is 0. The molecule has 0 atom stereocenters. The molecule has 0 radical (unpaired) electrons. The molecule has 0 bridgehead atoms. The maximum absolute atomic E-state index is 12.6. The molecular formula is C14H6Cl4N4O4S2. The molecule has 2 aromatic carbocycles. The minimum atomic E-state index is -4.20. The summed E-state index contributed by atoms with van der Waals surface area (Å²) in [5, 5.41) is 18.6. The lowest BCUT2D eigenvalue weighted by Gasteiger charge is -2.09. The fourth-order valence-corrected chi connectivity index (χ4v) is 5.93. The quantitative estimate of drug-likeness (QED) is 0.364. The molecule has 1 heterocycles. The number of nitro benzene ring substituents is 1. The molecule has 8 nitrogen and oxygen atoms in total. The van der Waals surface area contributed by atoms with Gasteiger partial charge in [0, 0.05) is 22.7 Å². The Labute approximate surface area is 182 Å². The minimum absolute atomic E-state index is 0.111. The Hall–Kier alpha value is -1.69. The maximum atomic E-state index is 12.6. The van der Waals surface area contributed by atoms with Crippen molar-refractivity contribution in [1.82, 2.24) is 10.2 Å². The van der Waals surface area contributed by atoms with Gasteiger partial charge in [-0.2, -0.15) is 0 Å². The highest BCUT2D eigenvalue weighted by Gasteiger charge is 2.25. The predicted octanol–water partition coefficient (Wildman–Crippen LogP) is 5.53. The van der Waals surface area contributed by atoms with Crippen molar-refractivity contribution in [3.8, 4) is 10.6 Å². The first-order chi connectivity index (χ1) is 13.1. The number of hydrogen-bond acceptors (Lipinski definition) is 7. The monoisotopic (exact) mass is 498 g/mol. The summed E-state index contributed by atoms with van der Waals surface area (Å²) in [4.78, 5) is 9.98. The molecule has 0 unspecified atom stereocenters. The Kier molecular flexibility index (Phi) is 5.99. The van der Waals surface area contributed by atoms with Crippen molar-refractivity contribution in [2.75, 3.05) is 4.72 Å². The predicted molar refractivity (Wildman–Crippen MR) is 109 cm³/mol. The Bertz CT molecular complexity index is 1180. The standard InChI is InChI=1S/C14H6Cl4N4O4S2/c15-6-3-10(17)12(11(18)4-6)28(25,26)21-14-20-19-13(27-14)8-5-7(22(23)24)1-2-9(8)16/h1-5H,(H,20,21). The third-order valence-electron chi connectivity index (χ3n) is 3.27. The Morgan fingerprint density at radius 3 is 2.25 bits per heavy atom. The van der Waals surface area contributed by atoms with Crippen LogP contribution in [0.2, 0.25) is 20.1 Å². The molecule has 14 heteroatoms. The van der Waals surface area contributed by atoms with Crippen molar-refractivity contribution in [3.05, 3.63) is 60.5 Å². The van der Waals surface area contributed by atoms with E-state index in [4.69, 9.17) is 46.4 Å². The van der Waals surface area contributed by atoms with Crippen LogP contribution in [-0.4, -0.2) is 23.5 Å². The number of sulfonamides is 1. The summed E-state index contributed by atoms with van der Waals surface area (Å²) in [6.07, 6.45) is 0. The molecule has 0 aliphatic rings. The van der Waals surface area contributed by atoms with Crippen molar-refractivity contribution in [2.45, 2.75) is 4.90 Å². The van der Waals surface area contributed by atoms with Gasteiger partial charge in [0.25, 0.3) is 15.7 Å². The van der Waals surface area contributed by atoms with Crippen molar-refractivity contribution < 1.29 is 13.3 Å². The zero-order chi connectivity index (χ0) is 20.6. The summed E-state index contributed by atoms with van der Waals surface area (Å²) in [5.74, 6) is 0. The summed E-state index contributed by atoms with van der Waals surface area (Å²) in [6.45, 7) is 0. The lowest BCUT2D eigenvalue weighted by molar-refractivity contribution is -0.384. The molecule has 3 rings (SSSR count). The minimum Gasteiger partial charge on any atom is -0.258 e. The third kappa shape index (κ3) is 4.32. The second-order valence-electron chi connectivity index (χ2n) is 5.14. The lowest BCUT2D eigenvalue weighted by Crippen LogP contribution is -2.14. The first kappa shape index (κ1) is 21.0. The second kappa shape index (κ2) is 7.97. The van der Waals surface area contributed by atoms with Crippen LogP contribution >= 0.6 is 57.7 Å². The van der Waals surface area contributed by atoms with Gasteiger partial charge < -0.3 is 0 Å². The van der Waals surface area contributed by atoms with Gasteiger partial charge in [0.2, 0.25) is 5.13 Å². The van der Waals surface area contributed by atoms with E-state index in [1.807, 2.05) is 0 Å². The molecule has 0 amide bonds. The van der Waals surface area contributed by atoms with Crippen molar-refractivity contribution in [2.24, 2.45) is 0 Å². The number of hydrogen-bond donors (Lipinski definition) is 1. The molecule has 28 heavy (non-hydrogen) atoms. The van der Waals surface area contributed by atoms with E-state index >= 15 is 0 Å². The van der Waals surface area contributed by atoms with Crippen LogP contribution in [0.1, 0.15) is 0 Å². The van der Waals surface area contributed by atoms with Crippen LogP contribution in [0, 0.1) is 10.1 Å². The summed E-state index contributed by atoms with van der Waals surface area (Å²) in [7, 11) is -4.20. The molecule has 0 aliphatic carbocycles. The van der Waals surface area contributed by atoms with E-state index in [2.05, 4.69) is 14.9 Å². The number of aromatic nitrogens is 2. The molecular weight excluding hydrogens is 494 g/mol. The van der Waals surface area contributed by atoms with Gasteiger partial charge in [0.1, 0.15) is 4.90 Å². The van der Waals surface area contributed by atoms with E-state index in [1.54, 1.807) is 0 Å². The SMILES string of the molecule is O=[N+]([O-])c1ccc(Cl)c(-c2nnc(NS(=O)(=O)c3c(Cl)cc(Cl)cc3Cl)s2)c1. The van der Waals surface area contributed by atoms with Gasteiger partial charge in [-0.1, -0.05) is 57.7 Å². The first-order valence-electron chi connectivity index (χ1n) is 7.03. The Morgan fingerprint density at radius 2 is 1.64 bits per heavy atom. The topological polar surface area (TPSA) is 115 Å². The number of halogens is 4. The van der Waals surface area contributed by atoms with Crippen molar-refractivity contribution in [3.63, 3.8) is 0 Å². The van der Waals surface area contributed by atoms with Gasteiger partial charge in [0.15, 0.2) is 5.01 Å². The van der Waals surface area contributed by atoms with E-state index in [9.17, 15) is 18.5 Å². The van der Waals surface area contributed by atoms with Crippen LogP contribution in [0.4, 0.5) is 10.8 Å².